The normalized spacial score (nSPS) is 10.3. The zero-order valence-electron chi connectivity index (χ0n) is 11.1. The Morgan fingerprint density at radius 1 is 1.14 bits per heavy atom. The van der Waals surface area contributed by atoms with Gasteiger partial charge in [0.25, 0.3) is 0 Å². The largest absolute Gasteiger partial charge is 0.465 e. The number of benzene rings is 2. The number of methoxy groups -OCH3 is 1. The molecule has 0 saturated carbocycles. The number of halogens is 3. The van der Waals surface area contributed by atoms with Crippen molar-refractivity contribution in [3.05, 3.63) is 62.6 Å². The van der Waals surface area contributed by atoms with Gasteiger partial charge in [0.1, 0.15) is 0 Å². The van der Waals surface area contributed by atoms with Crippen LogP contribution in [-0.2, 0) is 11.3 Å². The summed E-state index contributed by atoms with van der Waals surface area (Å²) in [5, 5.41) is 4.70. The van der Waals surface area contributed by atoms with E-state index < -0.39 is 5.97 Å². The minimum absolute atomic E-state index is 0.355. The second kappa shape index (κ2) is 7.03. The van der Waals surface area contributed by atoms with E-state index in [0.717, 1.165) is 5.56 Å². The van der Waals surface area contributed by atoms with Crippen LogP contribution in [0.2, 0.25) is 15.1 Å². The molecule has 0 spiro atoms. The van der Waals surface area contributed by atoms with Gasteiger partial charge in [-0.15, -0.1) is 0 Å². The van der Waals surface area contributed by atoms with Crippen molar-refractivity contribution in [2.75, 3.05) is 12.4 Å². The van der Waals surface area contributed by atoms with Crippen LogP contribution in [0.25, 0.3) is 0 Å². The first-order valence-electron chi connectivity index (χ1n) is 6.07. The first kappa shape index (κ1) is 16.0. The number of rotatable bonds is 4. The Labute approximate surface area is 137 Å². The molecule has 0 radical (unpaired) electrons. The molecule has 0 atom stereocenters. The molecular formula is C15H12Cl3NO2. The van der Waals surface area contributed by atoms with Gasteiger partial charge in [0.2, 0.25) is 0 Å². The summed E-state index contributed by atoms with van der Waals surface area (Å²) in [5.74, 6) is -0.467. The molecule has 2 aromatic carbocycles. The second-order valence-corrected chi connectivity index (χ2v) is 5.49. The van der Waals surface area contributed by atoms with E-state index in [2.05, 4.69) is 5.32 Å². The summed E-state index contributed by atoms with van der Waals surface area (Å²) in [7, 11) is 1.32. The Bertz CT molecular complexity index is 654. The summed E-state index contributed by atoms with van der Waals surface area (Å²) < 4.78 is 4.74. The van der Waals surface area contributed by atoms with Gasteiger partial charge < -0.3 is 10.1 Å². The van der Waals surface area contributed by atoms with Crippen molar-refractivity contribution in [3.8, 4) is 0 Å². The minimum Gasteiger partial charge on any atom is -0.465 e. The molecule has 2 rings (SSSR count). The van der Waals surface area contributed by atoms with Gasteiger partial charge in [-0.25, -0.2) is 4.79 Å². The molecule has 1 N–H and O–H groups in total. The zero-order valence-corrected chi connectivity index (χ0v) is 13.4. The average molecular weight is 345 g/mol. The van der Waals surface area contributed by atoms with Gasteiger partial charge in [-0.1, -0.05) is 40.9 Å². The molecule has 21 heavy (non-hydrogen) atoms. The van der Waals surface area contributed by atoms with E-state index in [9.17, 15) is 4.79 Å². The van der Waals surface area contributed by atoms with Gasteiger partial charge in [-0.3, -0.25) is 0 Å². The molecular weight excluding hydrogens is 333 g/mol. The minimum atomic E-state index is -0.467. The van der Waals surface area contributed by atoms with Gasteiger partial charge in [-0.2, -0.15) is 0 Å². The van der Waals surface area contributed by atoms with Crippen molar-refractivity contribution in [1.82, 2.24) is 0 Å². The Morgan fingerprint density at radius 3 is 2.43 bits per heavy atom. The number of hydrogen-bond acceptors (Lipinski definition) is 3. The Kier molecular flexibility index (Phi) is 5.34. The molecule has 0 aliphatic carbocycles. The van der Waals surface area contributed by atoms with E-state index in [4.69, 9.17) is 39.5 Å². The monoisotopic (exact) mass is 343 g/mol. The van der Waals surface area contributed by atoms with Crippen LogP contribution in [0.3, 0.4) is 0 Å². The molecule has 0 bridgehead atoms. The van der Waals surface area contributed by atoms with E-state index in [1.807, 2.05) is 0 Å². The lowest BCUT2D eigenvalue weighted by molar-refractivity contribution is 0.0602. The predicted octanol–water partition coefficient (Wildman–Crippen LogP) is 5.05. The molecule has 0 fully saturated rings. The molecule has 110 valence electrons. The van der Waals surface area contributed by atoms with Crippen LogP contribution < -0.4 is 5.32 Å². The lowest BCUT2D eigenvalue weighted by Gasteiger charge is -2.13. The van der Waals surface area contributed by atoms with Crippen LogP contribution >= 0.6 is 34.8 Å². The average Bonchev–Trinajstić information content (AvgIpc) is 2.47. The van der Waals surface area contributed by atoms with Crippen LogP contribution in [0, 0.1) is 0 Å². The number of carbonyl (C=O) groups excluding carboxylic acids is 1. The van der Waals surface area contributed by atoms with Crippen molar-refractivity contribution >= 4 is 46.5 Å². The number of hydrogen-bond donors (Lipinski definition) is 1. The van der Waals surface area contributed by atoms with Gasteiger partial charge in [0.05, 0.1) is 12.7 Å². The summed E-state index contributed by atoms with van der Waals surface area (Å²) in [4.78, 5) is 11.8. The maximum atomic E-state index is 11.8. The molecule has 0 heterocycles. The maximum absolute atomic E-state index is 11.8. The third-order valence-electron chi connectivity index (χ3n) is 2.90. The van der Waals surface area contributed by atoms with Crippen molar-refractivity contribution in [2.24, 2.45) is 0 Å². The van der Waals surface area contributed by atoms with E-state index in [1.165, 1.54) is 7.11 Å². The fourth-order valence-electron chi connectivity index (χ4n) is 1.83. The molecule has 0 saturated heterocycles. The summed E-state index contributed by atoms with van der Waals surface area (Å²) in [6.07, 6.45) is 0. The highest BCUT2D eigenvalue weighted by Gasteiger charge is 2.13. The summed E-state index contributed by atoms with van der Waals surface area (Å²) in [6.45, 7) is 0.379. The number of anilines is 1. The highest BCUT2D eigenvalue weighted by molar-refractivity contribution is 6.36. The van der Waals surface area contributed by atoms with Crippen molar-refractivity contribution < 1.29 is 9.53 Å². The molecule has 0 unspecified atom stereocenters. The first-order chi connectivity index (χ1) is 10.0. The maximum Gasteiger partial charge on any atom is 0.340 e. The summed E-state index contributed by atoms with van der Waals surface area (Å²) >= 11 is 18.1. The quantitative estimate of drug-likeness (QED) is 0.789. The van der Waals surface area contributed by atoms with Crippen LogP contribution in [-0.4, -0.2) is 13.1 Å². The molecule has 3 nitrogen and oxygen atoms in total. The van der Waals surface area contributed by atoms with Crippen LogP contribution in [0.5, 0.6) is 0 Å². The summed E-state index contributed by atoms with van der Waals surface area (Å²) in [6, 6.07) is 10.2. The van der Waals surface area contributed by atoms with Crippen molar-refractivity contribution in [3.63, 3.8) is 0 Å². The van der Waals surface area contributed by atoms with Gasteiger partial charge in [0.15, 0.2) is 0 Å². The third-order valence-corrected chi connectivity index (χ3v) is 3.85. The van der Waals surface area contributed by atoms with Gasteiger partial charge in [0, 0.05) is 32.9 Å². The number of esters is 1. The van der Waals surface area contributed by atoms with E-state index >= 15 is 0 Å². The second-order valence-electron chi connectivity index (χ2n) is 4.24. The number of ether oxygens (including phenoxy) is 1. The van der Waals surface area contributed by atoms with E-state index in [-0.39, 0.29) is 0 Å². The topological polar surface area (TPSA) is 38.3 Å². The fourth-order valence-corrected chi connectivity index (χ4v) is 2.54. The molecule has 0 aliphatic rings. The smallest absolute Gasteiger partial charge is 0.340 e. The highest BCUT2D eigenvalue weighted by Crippen LogP contribution is 2.27. The van der Waals surface area contributed by atoms with E-state index in [0.29, 0.717) is 32.9 Å². The third kappa shape index (κ3) is 3.82. The zero-order chi connectivity index (χ0) is 15.4. The van der Waals surface area contributed by atoms with Crippen LogP contribution in [0.4, 0.5) is 5.69 Å². The molecule has 0 aliphatic heterocycles. The van der Waals surface area contributed by atoms with Crippen LogP contribution in [0.15, 0.2) is 36.4 Å². The summed E-state index contributed by atoms with van der Waals surface area (Å²) in [5.41, 5.74) is 1.71. The first-order valence-corrected chi connectivity index (χ1v) is 7.21. The van der Waals surface area contributed by atoms with Crippen LogP contribution in [0.1, 0.15) is 15.9 Å². The predicted molar refractivity (Wildman–Crippen MR) is 86.6 cm³/mol. The van der Waals surface area contributed by atoms with Gasteiger partial charge in [-0.05, 0) is 30.3 Å². The van der Waals surface area contributed by atoms with E-state index in [1.54, 1.807) is 36.4 Å². The lowest BCUT2D eigenvalue weighted by atomic mass is 10.1. The molecule has 0 aromatic heterocycles. The van der Waals surface area contributed by atoms with Crippen molar-refractivity contribution in [2.45, 2.75) is 6.54 Å². The van der Waals surface area contributed by atoms with Gasteiger partial charge >= 0.3 is 5.97 Å². The SMILES string of the molecule is COC(=O)c1cc(Cl)ccc1NCc1c(Cl)cccc1Cl. The fraction of sp³-hybridized carbons (Fsp3) is 0.133. The van der Waals surface area contributed by atoms with Crippen molar-refractivity contribution in [1.29, 1.82) is 0 Å². The molecule has 6 heteroatoms. The Morgan fingerprint density at radius 2 is 1.81 bits per heavy atom. The number of nitrogens with one attached hydrogen (secondary N) is 1. The Balaban J connectivity index is 2.26. The molecule has 0 amide bonds. The lowest BCUT2D eigenvalue weighted by Crippen LogP contribution is -2.08. The molecule has 2 aromatic rings. The number of carbonyl (C=O) groups is 1. The Hall–Kier alpha value is -1.42. The highest BCUT2D eigenvalue weighted by atomic mass is 35.5. The standard InChI is InChI=1S/C15H12Cl3NO2/c1-21-15(20)10-7-9(16)5-6-14(10)19-8-11-12(17)3-2-4-13(11)18/h2-7,19H,8H2,1H3.